The van der Waals surface area contributed by atoms with E-state index in [1.807, 2.05) is 60.7 Å². The Balaban J connectivity index is 1.67. The highest BCUT2D eigenvalue weighted by Crippen LogP contribution is 2.43. The van der Waals surface area contributed by atoms with Crippen LogP contribution in [0.25, 0.3) is 0 Å². The summed E-state index contributed by atoms with van der Waals surface area (Å²) in [6.45, 7) is 4.64. The predicted octanol–water partition coefficient (Wildman–Crippen LogP) is 4.62. The number of aliphatic hydroxyl groups excluding tert-OH is 1. The van der Waals surface area contributed by atoms with Gasteiger partial charge < -0.3 is 34.1 Å². The van der Waals surface area contributed by atoms with Gasteiger partial charge in [0.15, 0.2) is 23.1 Å². The van der Waals surface area contributed by atoms with Crippen LogP contribution in [-0.4, -0.2) is 57.0 Å². The zero-order valence-corrected chi connectivity index (χ0v) is 23.6. The summed E-state index contributed by atoms with van der Waals surface area (Å²) in [6.07, 6.45) is 1.72. The van der Waals surface area contributed by atoms with Gasteiger partial charge in [-0.2, -0.15) is 0 Å². The van der Waals surface area contributed by atoms with Crippen LogP contribution in [0.15, 0.2) is 84.4 Å². The predicted molar refractivity (Wildman–Crippen MR) is 156 cm³/mol. The lowest BCUT2D eigenvalue weighted by Crippen LogP contribution is -2.47. The zero-order chi connectivity index (χ0) is 29.2. The van der Waals surface area contributed by atoms with E-state index in [0.717, 1.165) is 11.1 Å². The highest BCUT2D eigenvalue weighted by Gasteiger charge is 2.52. The van der Waals surface area contributed by atoms with Gasteiger partial charge in [-0.1, -0.05) is 24.3 Å². The van der Waals surface area contributed by atoms with Crippen LogP contribution >= 0.6 is 0 Å². The van der Waals surface area contributed by atoms with Crippen molar-refractivity contribution in [3.63, 3.8) is 0 Å². The molecule has 1 aliphatic heterocycles. The van der Waals surface area contributed by atoms with Crippen molar-refractivity contribution in [1.82, 2.24) is 5.32 Å². The van der Waals surface area contributed by atoms with E-state index >= 15 is 0 Å². The Kier molecular flexibility index (Phi) is 9.86. The van der Waals surface area contributed by atoms with Crippen LogP contribution < -0.4 is 24.3 Å². The minimum Gasteiger partial charge on any atom is -0.497 e. The molecule has 1 heterocycles. The van der Waals surface area contributed by atoms with Crippen molar-refractivity contribution in [3.8, 4) is 23.0 Å². The lowest BCUT2D eigenvalue weighted by Gasteiger charge is -2.30. The van der Waals surface area contributed by atoms with Gasteiger partial charge in [-0.25, -0.2) is 4.99 Å². The molecule has 0 unspecified atom stereocenters. The van der Waals surface area contributed by atoms with Crippen molar-refractivity contribution in [1.29, 1.82) is 0 Å². The smallest absolute Gasteiger partial charge is 0.252 e. The highest BCUT2D eigenvalue weighted by molar-refractivity contribution is 6.01. The van der Waals surface area contributed by atoms with Crippen LogP contribution in [0.3, 0.4) is 0 Å². The van der Waals surface area contributed by atoms with Crippen molar-refractivity contribution in [2.45, 2.75) is 31.0 Å². The molecule has 0 fully saturated rings. The average Bonchev–Trinajstić information content (AvgIpc) is 3.41. The standard InChI is InChI=1S/C32H36N2O7/c1-5-16-32(31(36)33-21-22-10-15-27(38-3)28(19-22)39-4)29(24-8-6-9-26(20-24)37-2)41-30(34-32)23-11-13-25(14-12-23)40-18-7-17-35/h5-6,8-15,19-20,29,35H,1,7,16-18,21H2,2-4H3,(H,33,36)/t29-,32-/m1/s1. The molecule has 216 valence electrons. The van der Waals surface area contributed by atoms with Crippen molar-refractivity contribution < 1.29 is 33.6 Å². The van der Waals surface area contributed by atoms with E-state index in [2.05, 4.69) is 11.9 Å². The number of carbonyl (C=O) groups excluding carboxylic acids is 1. The number of benzene rings is 3. The van der Waals surface area contributed by atoms with Crippen LogP contribution in [0.4, 0.5) is 0 Å². The Morgan fingerprint density at radius 2 is 1.80 bits per heavy atom. The number of methoxy groups -OCH3 is 3. The Morgan fingerprint density at radius 1 is 1.02 bits per heavy atom. The van der Waals surface area contributed by atoms with Crippen molar-refractivity contribution in [2.75, 3.05) is 34.5 Å². The largest absolute Gasteiger partial charge is 0.497 e. The van der Waals surface area contributed by atoms with Crippen molar-refractivity contribution >= 4 is 11.8 Å². The first-order valence-corrected chi connectivity index (χ1v) is 13.3. The van der Waals surface area contributed by atoms with Gasteiger partial charge in [-0.15, -0.1) is 6.58 Å². The molecule has 0 radical (unpaired) electrons. The molecule has 3 aromatic rings. The molecule has 1 aliphatic rings. The van der Waals surface area contributed by atoms with E-state index < -0.39 is 11.6 Å². The topological polar surface area (TPSA) is 108 Å². The van der Waals surface area contributed by atoms with E-state index in [1.165, 1.54) is 0 Å². The molecule has 0 aromatic heterocycles. The molecule has 1 amide bonds. The quantitative estimate of drug-likeness (QED) is 0.219. The van der Waals surface area contributed by atoms with Gasteiger partial charge >= 0.3 is 0 Å². The lowest BCUT2D eigenvalue weighted by molar-refractivity contribution is -0.129. The molecule has 0 bridgehead atoms. The van der Waals surface area contributed by atoms with Gasteiger partial charge in [0.1, 0.15) is 11.5 Å². The number of nitrogens with zero attached hydrogens (tertiary/aromatic N) is 1. The molecule has 0 spiro atoms. The molecule has 9 heteroatoms. The Bertz CT molecular complexity index is 1370. The molecule has 41 heavy (non-hydrogen) atoms. The van der Waals surface area contributed by atoms with Crippen LogP contribution in [0, 0.1) is 0 Å². The summed E-state index contributed by atoms with van der Waals surface area (Å²) >= 11 is 0. The van der Waals surface area contributed by atoms with Crippen LogP contribution in [0.5, 0.6) is 23.0 Å². The summed E-state index contributed by atoms with van der Waals surface area (Å²) in [5.41, 5.74) is 0.958. The normalized spacial score (nSPS) is 17.7. The SMILES string of the molecule is C=CC[C@@]1(C(=O)NCc2ccc(OC)c(OC)c2)N=C(c2ccc(OCCCO)cc2)O[C@@H]1c1cccc(OC)c1. The number of carbonyl (C=O) groups is 1. The Morgan fingerprint density at radius 3 is 2.49 bits per heavy atom. The molecule has 2 N–H and O–H groups in total. The fourth-order valence-electron chi connectivity index (χ4n) is 4.67. The number of aliphatic imine (C=N–C) groups is 1. The number of nitrogens with one attached hydrogen (secondary N) is 1. The van der Waals surface area contributed by atoms with E-state index in [1.54, 1.807) is 33.5 Å². The van der Waals surface area contributed by atoms with Crippen LogP contribution in [-0.2, 0) is 16.1 Å². The third-order valence-corrected chi connectivity index (χ3v) is 6.78. The summed E-state index contributed by atoms with van der Waals surface area (Å²) in [5.74, 6) is 2.51. The average molecular weight is 561 g/mol. The van der Waals surface area contributed by atoms with Gasteiger partial charge in [0.2, 0.25) is 5.90 Å². The number of ether oxygens (including phenoxy) is 5. The first-order chi connectivity index (χ1) is 20.0. The first-order valence-electron chi connectivity index (χ1n) is 13.3. The Hall–Kier alpha value is -4.50. The number of rotatable bonds is 14. The summed E-state index contributed by atoms with van der Waals surface area (Å²) in [6, 6.07) is 20.2. The number of hydrogen-bond donors (Lipinski definition) is 2. The molecule has 4 rings (SSSR count). The molecule has 2 atom stereocenters. The maximum Gasteiger partial charge on any atom is 0.252 e. The molecule has 0 saturated heterocycles. The van der Waals surface area contributed by atoms with Gasteiger partial charge in [0.05, 0.1) is 27.9 Å². The molecular formula is C32H36N2O7. The molecular weight excluding hydrogens is 524 g/mol. The zero-order valence-electron chi connectivity index (χ0n) is 23.6. The summed E-state index contributed by atoms with van der Waals surface area (Å²) in [7, 11) is 4.73. The number of amides is 1. The second-order valence-electron chi connectivity index (χ2n) is 9.43. The van der Waals surface area contributed by atoms with E-state index in [4.69, 9.17) is 33.8 Å². The third kappa shape index (κ3) is 6.63. The third-order valence-electron chi connectivity index (χ3n) is 6.78. The molecule has 0 saturated carbocycles. The number of aliphatic hydroxyl groups is 1. The van der Waals surface area contributed by atoms with Gasteiger partial charge in [-0.3, -0.25) is 4.79 Å². The second-order valence-corrected chi connectivity index (χ2v) is 9.43. The van der Waals surface area contributed by atoms with Crippen molar-refractivity contribution in [2.24, 2.45) is 4.99 Å². The monoisotopic (exact) mass is 560 g/mol. The van der Waals surface area contributed by atoms with Gasteiger partial charge in [0.25, 0.3) is 5.91 Å². The summed E-state index contributed by atoms with van der Waals surface area (Å²) in [4.78, 5) is 19.0. The first kappa shape index (κ1) is 29.5. The molecule has 3 aromatic carbocycles. The van der Waals surface area contributed by atoms with E-state index in [9.17, 15) is 4.79 Å². The fourth-order valence-corrected chi connectivity index (χ4v) is 4.67. The van der Waals surface area contributed by atoms with E-state index in [0.29, 0.717) is 47.5 Å². The maximum atomic E-state index is 14.1. The molecule has 9 nitrogen and oxygen atoms in total. The second kappa shape index (κ2) is 13.7. The summed E-state index contributed by atoms with van der Waals surface area (Å²) in [5, 5.41) is 12.1. The molecule has 0 aliphatic carbocycles. The number of hydrogen-bond acceptors (Lipinski definition) is 8. The van der Waals surface area contributed by atoms with Crippen molar-refractivity contribution in [3.05, 3.63) is 96.1 Å². The lowest BCUT2D eigenvalue weighted by atomic mass is 9.84. The minimum absolute atomic E-state index is 0.0633. The Labute approximate surface area is 240 Å². The van der Waals surface area contributed by atoms with Crippen LogP contribution in [0.2, 0.25) is 0 Å². The minimum atomic E-state index is -1.32. The summed E-state index contributed by atoms with van der Waals surface area (Å²) < 4.78 is 28.3. The fraction of sp³-hybridized carbons (Fsp3) is 0.312. The van der Waals surface area contributed by atoms with Crippen LogP contribution in [0.1, 0.15) is 35.6 Å². The highest BCUT2D eigenvalue weighted by atomic mass is 16.5. The van der Waals surface area contributed by atoms with Gasteiger partial charge in [-0.05, 0) is 59.7 Å². The van der Waals surface area contributed by atoms with E-state index in [-0.39, 0.29) is 25.5 Å². The van der Waals surface area contributed by atoms with Gasteiger partial charge in [0, 0.05) is 31.6 Å². The maximum absolute atomic E-state index is 14.1.